The van der Waals surface area contributed by atoms with E-state index in [0.717, 1.165) is 69.8 Å². The second-order valence-electron chi connectivity index (χ2n) is 9.00. The first-order chi connectivity index (χ1) is 16.1. The Morgan fingerprint density at radius 2 is 1.82 bits per heavy atom. The number of aromatic nitrogens is 2. The number of oxime groups is 1. The smallest absolute Gasteiger partial charge is 0.225 e. The molecule has 1 amide bonds. The highest BCUT2D eigenvalue weighted by molar-refractivity contribution is 5.88. The fraction of sp³-hybridized carbons (Fsp3) is 0.520. The summed E-state index contributed by atoms with van der Waals surface area (Å²) >= 11 is 0. The Morgan fingerprint density at radius 1 is 1.06 bits per heavy atom. The molecular weight excluding hydrogens is 416 g/mol. The number of carbonyl (C=O) groups excluding carboxylic acids is 1. The van der Waals surface area contributed by atoms with Crippen LogP contribution >= 0.6 is 0 Å². The van der Waals surface area contributed by atoms with Gasteiger partial charge in [0.2, 0.25) is 5.91 Å². The number of rotatable bonds is 7. The van der Waals surface area contributed by atoms with Crippen molar-refractivity contribution in [2.75, 3.05) is 39.0 Å². The summed E-state index contributed by atoms with van der Waals surface area (Å²) in [5, 5.41) is 4.31. The number of likely N-dealkylation sites (tertiary alicyclic amines) is 2. The van der Waals surface area contributed by atoms with Crippen molar-refractivity contribution < 1.29 is 9.63 Å². The number of carbonyl (C=O) groups is 1. The van der Waals surface area contributed by atoms with Crippen LogP contribution in [-0.4, -0.2) is 64.7 Å². The van der Waals surface area contributed by atoms with Crippen molar-refractivity contribution in [3.63, 3.8) is 0 Å². The molecule has 0 atom stereocenters. The number of pyridine rings is 2. The van der Waals surface area contributed by atoms with Crippen LogP contribution in [0.1, 0.15) is 36.9 Å². The third kappa shape index (κ3) is 6.28. The summed E-state index contributed by atoms with van der Waals surface area (Å²) in [7, 11) is 1.59. The quantitative estimate of drug-likeness (QED) is 0.515. The molecule has 0 unspecified atom stereocenters. The van der Waals surface area contributed by atoms with Crippen molar-refractivity contribution in [1.29, 1.82) is 0 Å². The first kappa shape index (κ1) is 23.2. The first-order valence-corrected chi connectivity index (χ1v) is 11.8. The lowest BCUT2D eigenvalue weighted by atomic mass is 9.88. The van der Waals surface area contributed by atoms with Gasteiger partial charge in [-0.05, 0) is 68.6 Å². The summed E-state index contributed by atoms with van der Waals surface area (Å²) in [5.74, 6) is 1.32. The van der Waals surface area contributed by atoms with Crippen LogP contribution in [0.2, 0.25) is 0 Å². The van der Waals surface area contributed by atoms with Crippen LogP contribution in [0.15, 0.2) is 47.9 Å². The minimum Gasteiger partial charge on any atom is -0.399 e. The van der Waals surface area contributed by atoms with Gasteiger partial charge in [0.15, 0.2) is 0 Å². The molecule has 0 aliphatic carbocycles. The van der Waals surface area contributed by atoms with Gasteiger partial charge in [-0.1, -0.05) is 11.2 Å². The SMILES string of the molecule is CON=C(Cc1ccccn1)C1CCN(C(=O)C2CCN(Cc3ccnc(N)c3)CC2)CC1. The number of nitrogen functional groups attached to an aromatic ring is 1. The van der Waals surface area contributed by atoms with Gasteiger partial charge in [0.1, 0.15) is 12.9 Å². The Kier molecular flexibility index (Phi) is 7.88. The number of hydrogen-bond acceptors (Lipinski definition) is 7. The van der Waals surface area contributed by atoms with Gasteiger partial charge in [-0.3, -0.25) is 14.7 Å². The first-order valence-electron chi connectivity index (χ1n) is 11.8. The summed E-state index contributed by atoms with van der Waals surface area (Å²) < 4.78 is 0. The van der Waals surface area contributed by atoms with Crippen molar-refractivity contribution in [2.45, 2.75) is 38.6 Å². The zero-order valence-corrected chi connectivity index (χ0v) is 19.4. The molecule has 2 aromatic heterocycles. The predicted octanol–water partition coefficient (Wildman–Crippen LogP) is 2.75. The van der Waals surface area contributed by atoms with E-state index in [-0.39, 0.29) is 5.92 Å². The fourth-order valence-corrected chi connectivity index (χ4v) is 4.94. The molecule has 4 rings (SSSR count). The van der Waals surface area contributed by atoms with Crippen LogP contribution in [0, 0.1) is 11.8 Å². The Balaban J connectivity index is 1.25. The topological polar surface area (TPSA) is 96.9 Å². The maximum Gasteiger partial charge on any atom is 0.225 e. The Morgan fingerprint density at radius 3 is 2.48 bits per heavy atom. The Labute approximate surface area is 195 Å². The van der Waals surface area contributed by atoms with E-state index >= 15 is 0 Å². The molecule has 2 fully saturated rings. The molecule has 2 saturated heterocycles. The molecule has 0 saturated carbocycles. The van der Waals surface area contributed by atoms with Crippen LogP contribution in [0.25, 0.3) is 0 Å². The molecule has 8 heteroatoms. The van der Waals surface area contributed by atoms with Gasteiger partial charge in [-0.2, -0.15) is 0 Å². The van der Waals surface area contributed by atoms with Crippen LogP contribution in [0.5, 0.6) is 0 Å². The third-order valence-corrected chi connectivity index (χ3v) is 6.76. The Bertz CT molecular complexity index is 935. The number of hydrogen-bond donors (Lipinski definition) is 1. The summed E-state index contributed by atoms with van der Waals surface area (Å²) in [4.78, 5) is 31.2. The number of piperidine rings is 2. The van der Waals surface area contributed by atoms with Crippen LogP contribution in [-0.2, 0) is 22.6 Å². The molecule has 176 valence electrons. The van der Waals surface area contributed by atoms with Crippen LogP contribution in [0.4, 0.5) is 5.82 Å². The monoisotopic (exact) mass is 450 g/mol. The molecule has 2 aliphatic heterocycles. The van der Waals surface area contributed by atoms with Gasteiger partial charge in [0.25, 0.3) is 0 Å². The van der Waals surface area contributed by atoms with Crippen molar-refractivity contribution >= 4 is 17.4 Å². The van der Waals surface area contributed by atoms with E-state index in [9.17, 15) is 4.79 Å². The predicted molar refractivity (Wildman–Crippen MR) is 128 cm³/mol. The molecule has 0 radical (unpaired) electrons. The molecule has 33 heavy (non-hydrogen) atoms. The molecule has 2 N–H and O–H groups in total. The number of amides is 1. The fourth-order valence-electron chi connectivity index (χ4n) is 4.94. The van der Waals surface area contributed by atoms with Crippen molar-refractivity contribution in [2.24, 2.45) is 17.0 Å². The number of nitrogens with zero attached hydrogens (tertiary/aromatic N) is 5. The van der Waals surface area contributed by atoms with Gasteiger partial charge in [0, 0.05) is 56.0 Å². The molecule has 0 bridgehead atoms. The lowest BCUT2D eigenvalue weighted by Crippen LogP contribution is -2.46. The standard InChI is InChI=1S/C25H34N6O2/c1-33-29-23(17-22-4-2-3-10-27-22)20-8-14-31(15-9-20)25(32)21-6-12-30(13-7-21)18-19-5-11-28-24(26)16-19/h2-5,10-11,16,20-21H,6-9,12-15,17-18H2,1H3,(H2,26,28). The molecular formula is C25H34N6O2. The van der Waals surface area contributed by atoms with Crippen molar-refractivity contribution in [3.8, 4) is 0 Å². The Hall–Kier alpha value is -3.00. The third-order valence-electron chi connectivity index (χ3n) is 6.76. The average Bonchev–Trinajstić information content (AvgIpc) is 2.85. The second kappa shape index (κ2) is 11.2. The van der Waals surface area contributed by atoms with E-state index in [4.69, 9.17) is 10.6 Å². The van der Waals surface area contributed by atoms with Crippen LogP contribution < -0.4 is 5.73 Å². The highest BCUT2D eigenvalue weighted by atomic mass is 16.6. The minimum absolute atomic E-state index is 0.126. The highest BCUT2D eigenvalue weighted by Gasteiger charge is 2.32. The van der Waals surface area contributed by atoms with E-state index in [1.165, 1.54) is 5.56 Å². The van der Waals surface area contributed by atoms with Gasteiger partial charge in [-0.25, -0.2) is 4.98 Å². The van der Waals surface area contributed by atoms with E-state index < -0.39 is 0 Å². The minimum atomic E-state index is 0.126. The van der Waals surface area contributed by atoms with Gasteiger partial charge >= 0.3 is 0 Å². The largest absolute Gasteiger partial charge is 0.399 e. The average molecular weight is 451 g/mol. The maximum atomic E-state index is 13.2. The summed E-state index contributed by atoms with van der Waals surface area (Å²) in [6, 6.07) is 9.86. The number of anilines is 1. The molecule has 0 aromatic carbocycles. The second-order valence-corrected chi connectivity index (χ2v) is 9.00. The van der Waals surface area contributed by atoms with Gasteiger partial charge < -0.3 is 15.5 Å². The molecule has 0 spiro atoms. The van der Waals surface area contributed by atoms with E-state index in [2.05, 4.69) is 24.9 Å². The molecule has 4 heterocycles. The highest BCUT2D eigenvalue weighted by Crippen LogP contribution is 2.26. The zero-order valence-electron chi connectivity index (χ0n) is 19.4. The van der Waals surface area contributed by atoms with E-state index in [1.54, 1.807) is 19.5 Å². The van der Waals surface area contributed by atoms with E-state index in [1.807, 2.05) is 30.3 Å². The summed E-state index contributed by atoms with van der Waals surface area (Å²) in [6.07, 6.45) is 7.91. The lowest BCUT2D eigenvalue weighted by Gasteiger charge is -2.37. The van der Waals surface area contributed by atoms with Crippen molar-refractivity contribution in [3.05, 3.63) is 54.0 Å². The lowest BCUT2D eigenvalue weighted by molar-refractivity contribution is -0.138. The van der Waals surface area contributed by atoms with Gasteiger partial charge in [-0.15, -0.1) is 0 Å². The molecule has 2 aromatic rings. The normalized spacial score (nSPS) is 18.9. The number of nitrogens with two attached hydrogens (primary N) is 1. The van der Waals surface area contributed by atoms with Crippen LogP contribution in [0.3, 0.4) is 0 Å². The maximum absolute atomic E-state index is 13.2. The zero-order chi connectivity index (χ0) is 23.0. The molecule has 8 nitrogen and oxygen atoms in total. The molecule has 2 aliphatic rings. The van der Waals surface area contributed by atoms with E-state index in [0.29, 0.717) is 24.1 Å². The van der Waals surface area contributed by atoms with Gasteiger partial charge in [0.05, 0.1) is 5.71 Å². The van der Waals surface area contributed by atoms with Crippen molar-refractivity contribution in [1.82, 2.24) is 19.8 Å². The summed E-state index contributed by atoms with van der Waals surface area (Å²) in [6.45, 7) is 4.29. The summed E-state index contributed by atoms with van der Waals surface area (Å²) in [5.41, 5.74) is 8.98.